The van der Waals surface area contributed by atoms with E-state index in [-0.39, 0.29) is 23.6 Å². The van der Waals surface area contributed by atoms with E-state index in [1.54, 1.807) is 0 Å². The summed E-state index contributed by atoms with van der Waals surface area (Å²) >= 11 is 0. The van der Waals surface area contributed by atoms with Gasteiger partial charge in [-0.15, -0.1) is 0 Å². The molecular weight excluding hydrogens is 244 g/mol. The summed E-state index contributed by atoms with van der Waals surface area (Å²) in [6, 6.07) is 0. The monoisotopic (exact) mass is 266 g/mol. The van der Waals surface area contributed by atoms with Gasteiger partial charge in [0.05, 0.1) is 5.92 Å². The quantitative estimate of drug-likeness (QED) is 0.737. The van der Waals surface area contributed by atoms with Gasteiger partial charge in [0.1, 0.15) is 11.2 Å². The lowest BCUT2D eigenvalue weighted by Crippen LogP contribution is -2.51. The third-order valence-corrected chi connectivity index (χ3v) is 5.44. The minimum atomic E-state index is -1.23. The zero-order valence-electron chi connectivity index (χ0n) is 11.5. The minimum Gasteiger partial charge on any atom is -0.458 e. The fourth-order valence-corrected chi connectivity index (χ4v) is 4.80. The zero-order valence-corrected chi connectivity index (χ0v) is 11.5. The molecule has 0 aliphatic heterocycles. The second kappa shape index (κ2) is 4.30. The number of hydrogen-bond donors (Lipinski definition) is 1. The molecule has 0 spiro atoms. The van der Waals surface area contributed by atoms with Gasteiger partial charge in [-0.1, -0.05) is 19.3 Å². The first-order chi connectivity index (χ1) is 9.01. The molecule has 0 saturated heterocycles. The van der Waals surface area contributed by atoms with Crippen molar-refractivity contribution in [3.05, 3.63) is 0 Å². The van der Waals surface area contributed by atoms with Gasteiger partial charge in [0, 0.05) is 12.8 Å². The Hall–Kier alpha value is -0.900. The molecule has 3 aliphatic carbocycles. The van der Waals surface area contributed by atoms with E-state index in [4.69, 9.17) is 4.74 Å². The van der Waals surface area contributed by atoms with Crippen LogP contribution in [0.4, 0.5) is 0 Å². The van der Waals surface area contributed by atoms with E-state index in [0.29, 0.717) is 6.42 Å². The van der Waals surface area contributed by atoms with Crippen molar-refractivity contribution in [1.29, 1.82) is 0 Å². The molecule has 4 heteroatoms. The maximum atomic E-state index is 12.6. The van der Waals surface area contributed by atoms with Crippen molar-refractivity contribution in [1.82, 2.24) is 0 Å². The fraction of sp³-hybridized carbons (Fsp3) is 0.867. The van der Waals surface area contributed by atoms with E-state index < -0.39 is 11.2 Å². The molecule has 4 nitrogen and oxygen atoms in total. The van der Waals surface area contributed by atoms with Gasteiger partial charge in [0.15, 0.2) is 5.78 Å². The van der Waals surface area contributed by atoms with Crippen LogP contribution in [0.5, 0.6) is 0 Å². The van der Waals surface area contributed by atoms with Gasteiger partial charge in [0.2, 0.25) is 0 Å². The maximum absolute atomic E-state index is 12.6. The number of hydrogen-bond acceptors (Lipinski definition) is 4. The van der Waals surface area contributed by atoms with Crippen LogP contribution in [0.3, 0.4) is 0 Å². The third-order valence-electron chi connectivity index (χ3n) is 5.44. The predicted molar refractivity (Wildman–Crippen MR) is 68.4 cm³/mol. The minimum absolute atomic E-state index is 0.0573. The van der Waals surface area contributed by atoms with Crippen LogP contribution in [-0.2, 0) is 14.3 Å². The fourth-order valence-electron chi connectivity index (χ4n) is 4.80. The van der Waals surface area contributed by atoms with Crippen LogP contribution in [0.15, 0.2) is 0 Å². The number of rotatable bonds is 1. The Bertz CT molecular complexity index is 418. The first kappa shape index (κ1) is 13.1. The van der Waals surface area contributed by atoms with Crippen LogP contribution in [0.25, 0.3) is 0 Å². The Balaban J connectivity index is 2.05. The molecule has 3 aliphatic rings. The average molecular weight is 266 g/mol. The third kappa shape index (κ3) is 1.69. The number of carbonyl (C=O) groups is 2. The molecule has 0 heterocycles. The Morgan fingerprint density at radius 3 is 2.63 bits per heavy atom. The Labute approximate surface area is 113 Å². The van der Waals surface area contributed by atoms with E-state index in [0.717, 1.165) is 44.9 Å². The smallest absolute Gasteiger partial charge is 0.303 e. The van der Waals surface area contributed by atoms with Crippen molar-refractivity contribution in [2.24, 2.45) is 11.8 Å². The molecule has 4 atom stereocenters. The van der Waals surface area contributed by atoms with Crippen molar-refractivity contribution in [2.45, 2.75) is 69.5 Å². The normalized spacial score (nSPS) is 45.5. The number of Topliss-reactive ketones (excluding diaryl/α,β-unsaturated/α-hetero) is 1. The molecule has 0 aromatic heterocycles. The van der Waals surface area contributed by atoms with E-state index >= 15 is 0 Å². The topological polar surface area (TPSA) is 63.6 Å². The summed E-state index contributed by atoms with van der Waals surface area (Å²) in [5, 5.41) is 10.8. The van der Waals surface area contributed by atoms with E-state index in [9.17, 15) is 14.7 Å². The van der Waals surface area contributed by atoms with Gasteiger partial charge in [-0.25, -0.2) is 0 Å². The Kier molecular flexibility index (Phi) is 2.97. The highest BCUT2D eigenvalue weighted by atomic mass is 16.6. The van der Waals surface area contributed by atoms with E-state index in [2.05, 4.69) is 0 Å². The zero-order chi connectivity index (χ0) is 13.7. The number of esters is 1. The van der Waals surface area contributed by atoms with Gasteiger partial charge < -0.3 is 9.84 Å². The van der Waals surface area contributed by atoms with Crippen molar-refractivity contribution in [2.75, 3.05) is 0 Å². The van der Waals surface area contributed by atoms with E-state index in [1.807, 2.05) is 0 Å². The maximum Gasteiger partial charge on any atom is 0.303 e. The first-order valence-corrected chi connectivity index (χ1v) is 7.47. The summed E-state index contributed by atoms with van der Waals surface area (Å²) in [4.78, 5) is 24.2. The van der Waals surface area contributed by atoms with Crippen molar-refractivity contribution in [3.63, 3.8) is 0 Å². The highest BCUT2D eigenvalue weighted by molar-refractivity contribution is 5.94. The van der Waals surface area contributed by atoms with Crippen LogP contribution in [0, 0.1) is 11.8 Å². The molecule has 0 radical (unpaired) electrons. The largest absolute Gasteiger partial charge is 0.458 e. The number of carbonyl (C=O) groups excluding carboxylic acids is 2. The van der Waals surface area contributed by atoms with Crippen LogP contribution < -0.4 is 0 Å². The molecular formula is C15H22O4. The Morgan fingerprint density at radius 2 is 1.89 bits per heavy atom. The lowest BCUT2D eigenvalue weighted by atomic mass is 9.68. The summed E-state index contributed by atoms with van der Waals surface area (Å²) in [6.45, 7) is 1.41. The van der Waals surface area contributed by atoms with Gasteiger partial charge in [-0.3, -0.25) is 9.59 Å². The van der Waals surface area contributed by atoms with Crippen LogP contribution in [0.1, 0.15) is 58.3 Å². The van der Waals surface area contributed by atoms with Gasteiger partial charge in [-0.2, -0.15) is 0 Å². The van der Waals surface area contributed by atoms with Gasteiger partial charge in [-0.05, 0) is 32.1 Å². The summed E-state index contributed by atoms with van der Waals surface area (Å²) in [5.74, 6) is -0.846. The van der Waals surface area contributed by atoms with E-state index in [1.165, 1.54) is 6.92 Å². The number of ketones is 1. The molecule has 3 rings (SSSR count). The number of ether oxygens (including phenoxy) is 1. The molecule has 0 unspecified atom stereocenters. The second-order valence-electron chi connectivity index (χ2n) is 6.43. The standard InChI is InChI=1S/C15H22O4/c1-10(16)19-15-9-5-2-6-11(15)13(17)14(18)8-4-3-7-12(14)15/h11-12,18H,2-9H2,1H3/t11-,12+,14+,15+/m0/s1. The van der Waals surface area contributed by atoms with Crippen molar-refractivity contribution >= 4 is 11.8 Å². The molecule has 1 N–H and O–H groups in total. The molecule has 0 aromatic rings. The van der Waals surface area contributed by atoms with Crippen molar-refractivity contribution < 1.29 is 19.4 Å². The number of aliphatic hydroxyl groups is 1. The highest BCUT2D eigenvalue weighted by Gasteiger charge is 2.69. The van der Waals surface area contributed by atoms with Gasteiger partial charge in [0.25, 0.3) is 0 Å². The van der Waals surface area contributed by atoms with Crippen LogP contribution in [0.2, 0.25) is 0 Å². The molecule has 19 heavy (non-hydrogen) atoms. The summed E-state index contributed by atoms with van der Waals surface area (Å²) in [6.07, 6.45) is 6.69. The Morgan fingerprint density at radius 1 is 1.21 bits per heavy atom. The van der Waals surface area contributed by atoms with Crippen LogP contribution >= 0.6 is 0 Å². The summed E-state index contributed by atoms with van der Waals surface area (Å²) < 4.78 is 5.69. The lowest BCUT2D eigenvalue weighted by Gasteiger charge is -2.44. The molecule has 3 saturated carbocycles. The SMILES string of the molecule is CC(=O)O[C@]12CCCC[C@H]1C(=O)[C@@]1(O)CCCC[C@@H]21. The molecule has 3 fully saturated rings. The number of fused-ring (bicyclic) bond motifs is 3. The molecule has 0 aromatic carbocycles. The first-order valence-electron chi connectivity index (χ1n) is 7.47. The second-order valence-corrected chi connectivity index (χ2v) is 6.43. The average Bonchev–Trinajstić information content (AvgIpc) is 2.56. The van der Waals surface area contributed by atoms with Gasteiger partial charge >= 0.3 is 5.97 Å². The summed E-state index contributed by atoms with van der Waals surface area (Å²) in [7, 11) is 0. The van der Waals surface area contributed by atoms with Crippen LogP contribution in [-0.4, -0.2) is 28.1 Å². The highest BCUT2D eigenvalue weighted by Crippen LogP contribution is 2.58. The summed E-state index contributed by atoms with van der Waals surface area (Å²) in [5.41, 5.74) is -1.95. The molecule has 0 bridgehead atoms. The predicted octanol–water partition coefficient (Wildman–Crippen LogP) is 1.98. The molecule has 106 valence electrons. The van der Waals surface area contributed by atoms with Crippen molar-refractivity contribution in [3.8, 4) is 0 Å². The lowest BCUT2D eigenvalue weighted by molar-refractivity contribution is -0.180. The molecule has 0 amide bonds.